The van der Waals surface area contributed by atoms with Gasteiger partial charge in [-0.05, 0) is 55.3 Å². The summed E-state index contributed by atoms with van der Waals surface area (Å²) >= 11 is 0. The summed E-state index contributed by atoms with van der Waals surface area (Å²) in [5, 5.41) is 5.28. The standard InChI is InChI=1S/C20H23F3N2O3/c1-14(15-5-3-6-16(13-15)20(21,22)23)25-19(26)24-11-4-12-28-18-9-7-17(27-2)8-10-18/h3,5-10,13-14H,4,11-12H2,1-2H3,(H2,24,25,26). The van der Waals surface area contributed by atoms with E-state index in [0.29, 0.717) is 30.9 Å². The van der Waals surface area contributed by atoms with E-state index in [0.717, 1.165) is 17.9 Å². The normalized spacial score (nSPS) is 12.2. The number of nitrogens with one attached hydrogen (secondary N) is 2. The van der Waals surface area contributed by atoms with E-state index in [-0.39, 0.29) is 0 Å². The van der Waals surface area contributed by atoms with Crippen LogP contribution in [-0.4, -0.2) is 26.3 Å². The van der Waals surface area contributed by atoms with E-state index in [2.05, 4.69) is 10.6 Å². The first kappa shape index (κ1) is 21.4. The number of hydrogen-bond acceptors (Lipinski definition) is 3. The predicted octanol–water partition coefficient (Wildman–Crippen LogP) is 4.54. The minimum Gasteiger partial charge on any atom is -0.497 e. The van der Waals surface area contributed by atoms with E-state index < -0.39 is 23.8 Å². The third-order valence-electron chi connectivity index (χ3n) is 4.00. The average molecular weight is 396 g/mol. The van der Waals surface area contributed by atoms with Gasteiger partial charge in [0.05, 0.1) is 25.3 Å². The van der Waals surface area contributed by atoms with Crippen LogP contribution in [0.15, 0.2) is 48.5 Å². The highest BCUT2D eigenvalue weighted by Gasteiger charge is 2.30. The number of rotatable bonds is 8. The SMILES string of the molecule is COc1ccc(OCCCNC(=O)NC(C)c2cccc(C(F)(F)F)c2)cc1. The summed E-state index contributed by atoms with van der Waals surface area (Å²) in [7, 11) is 1.58. The molecular weight excluding hydrogens is 373 g/mol. The summed E-state index contributed by atoms with van der Waals surface area (Å²) in [6, 6.07) is 11.0. The molecule has 0 bridgehead atoms. The molecule has 0 saturated carbocycles. The van der Waals surface area contributed by atoms with E-state index in [9.17, 15) is 18.0 Å². The molecule has 0 radical (unpaired) electrons. The number of carbonyl (C=O) groups excluding carboxylic acids is 1. The van der Waals surface area contributed by atoms with Crippen LogP contribution in [0.2, 0.25) is 0 Å². The first-order valence-electron chi connectivity index (χ1n) is 8.78. The van der Waals surface area contributed by atoms with Crippen LogP contribution in [0.1, 0.15) is 30.5 Å². The van der Waals surface area contributed by atoms with Crippen molar-refractivity contribution in [1.29, 1.82) is 0 Å². The minimum atomic E-state index is -4.41. The fraction of sp³-hybridized carbons (Fsp3) is 0.350. The van der Waals surface area contributed by atoms with Crippen LogP contribution in [0.3, 0.4) is 0 Å². The molecule has 0 aromatic heterocycles. The molecular formula is C20H23F3N2O3. The molecule has 2 aromatic rings. The third-order valence-corrected chi connectivity index (χ3v) is 4.00. The van der Waals surface area contributed by atoms with Crippen LogP contribution in [0.4, 0.5) is 18.0 Å². The van der Waals surface area contributed by atoms with Crippen molar-refractivity contribution in [2.75, 3.05) is 20.3 Å². The lowest BCUT2D eigenvalue weighted by atomic mass is 10.1. The molecule has 28 heavy (non-hydrogen) atoms. The van der Waals surface area contributed by atoms with E-state index in [1.807, 2.05) is 0 Å². The molecule has 8 heteroatoms. The highest BCUT2D eigenvalue weighted by molar-refractivity contribution is 5.74. The highest BCUT2D eigenvalue weighted by atomic mass is 19.4. The molecule has 152 valence electrons. The Bertz CT molecular complexity index is 764. The molecule has 5 nitrogen and oxygen atoms in total. The Balaban J connectivity index is 1.70. The molecule has 2 amide bonds. The van der Waals surface area contributed by atoms with Crippen molar-refractivity contribution >= 4 is 6.03 Å². The third kappa shape index (κ3) is 6.68. The maximum atomic E-state index is 12.8. The molecule has 1 unspecified atom stereocenters. The summed E-state index contributed by atoms with van der Waals surface area (Å²) in [5.74, 6) is 1.43. The molecule has 0 fully saturated rings. The Kier molecular flexibility index (Phi) is 7.54. The predicted molar refractivity (Wildman–Crippen MR) is 99.5 cm³/mol. The second-order valence-electron chi connectivity index (χ2n) is 6.12. The molecule has 0 saturated heterocycles. The second-order valence-corrected chi connectivity index (χ2v) is 6.12. The molecule has 1 atom stereocenters. The van der Waals surface area contributed by atoms with Crippen molar-refractivity contribution in [3.8, 4) is 11.5 Å². The first-order valence-corrected chi connectivity index (χ1v) is 8.78. The number of halogens is 3. The summed E-state index contributed by atoms with van der Waals surface area (Å²) in [6.07, 6.45) is -3.83. The highest BCUT2D eigenvalue weighted by Crippen LogP contribution is 2.30. The Hall–Kier alpha value is -2.90. The number of urea groups is 1. The Morgan fingerprint density at radius 2 is 1.79 bits per heavy atom. The van der Waals surface area contributed by atoms with Gasteiger partial charge >= 0.3 is 12.2 Å². The van der Waals surface area contributed by atoms with Crippen LogP contribution in [0.25, 0.3) is 0 Å². The summed E-state index contributed by atoms with van der Waals surface area (Å²) in [4.78, 5) is 11.9. The van der Waals surface area contributed by atoms with Crippen molar-refractivity contribution in [2.24, 2.45) is 0 Å². The van der Waals surface area contributed by atoms with Gasteiger partial charge in [0.15, 0.2) is 0 Å². The van der Waals surface area contributed by atoms with Gasteiger partial charge in [-0.25, -0.2) is 4.79 Å². The smallest absolute Gasteiger partial charge is 0.416 e. The molecule has 0 aliphatic carbocycles. The number of ether oxygens (including phenoxy) is 2. The van der Waals surface area contributed by atoms with E-state index in [1.54, 1.807) is 44.4 Å². The van der Waals surface area contributed by atoms with E-state index >= 15 is 0 Å². The zero-order valence-electron chi connectivity index (χ0n) is 15.7. The first-order chi connectivity index (χ1) is 13.3. The van der Waals surface area contributed by atoms with Crippen LogP contribution in [0, 0.1) is 0 Å². The topological polar surface area (TPSA) is 59.6 Å². The largest absolute Gasteiger partial charge is 0.497 e. The zero-order valence-corrected chi connectivity index (χ0v) is 15.7. The van der Waals surface area contributed by atoms with Crippen molar-refractivity contribution < 1.29 is 27.4 Å². The van der Waals surface area contributed by atoms with Crippen LogP contribution < -0.4 is 20.1 Å². The number of methoxy groups -OCH3 is 1. The Morgan fingerprint density at radius 1 is 1.11 bits per heavy atom. The number of hydrogen-bond donors (Lipinski definition) is 2. The average Bonchev–Trinajstić information content (AvgIpc) is 2.67. The van der Waals surface area contributed by atoms with Crippen molar-refractivity contribution in [2.45, 2.75) is 25.6 Å². The molecule has 0 heterocycles. The van der Waals surface area contributed by atoms with Crippen LogP contribution >= 0.6 is 0 Å². The van der Waals surface area contributed by atoms with Gasteiger partial charge in [-0.15, -0.1) is 0 Å². The monoisotopic (exact) mass is 396 g/mol. The van der Waals surface area contributed by atoms with Gasteiger partial charge in [0.2, 0.25) is 0 Å². The van der Waals surface area contributed by atoms with Gasteiger partial charge in [-0.2, -0.15) is 13.2 Å². The van der Waals surface area contributed by atoms with Crippen molar-refractivity contribution in [1.82, 2.24) is 10.6 Å². The van der Waals surface area contributed by atoms with Gasteiger partial charge in [-0.1, -0.05) is 12.1 Å². The Morgan fingerprint density at radius 3 is 2.43 bits per heavy atom. The second kappa shape index (κ2) is 9.87. The quantitative estimate of drug-likeness (QED) is 0.644. The van der Waals surface area contributed by atoms with Crippen LogP contribution in [0.5, 0.6) is 11.5 Å². The molecule has 2 rings (SSSR count). The summed E-state index contributed by atoms with van der Waals surface area (Å²) in [5.41, 5.74) is -0.359. The fourth-order valence-corrected chi connectivity index (χ4v) is 2.45. The number of carbonyl (C=O) groups is 1. The molecule has 0 aliphatic rings. The molecule has 2 N–H and O–H groups in total. The van der Waals surface area contributed by atoms with Gasteiger partial charge in [-0.3, -0.25) is 0 Å². The molecule has 2 aromatic carbocycles. The number of benzene rings is 2. The van der Waals surface area contributed by atoms with Gasteiger partial charge in [0.25, 0.3) is 0 Å². The summed E-state index contributed by atoms with van der Waals surface area (Å²) < 4.78 is 48.9. The van der Waals surface area contributed by atoms with Crippen LogP contribution in [-0.2, 0) is 6.18 Å². The summed E-state index contributed by atoms with van der Waals surface area (Å²) in [6.45, 7) is 2.41. The lowest BCUT2D eigenvalue weighted by Crippen LogP contribution is -2.37. The maximum absolute atomic E-state index is 12.8. The fourth-order valence-electron chi connectivity index (χ4n) is 2.45. The van der Waals surface area contributed by atoms with E-state index in [4.69, 9.17) is 9.47 Å². The molecule has 0 spiro atoms. The number of amides is 2. The van der Waals surface area contributed by atoms with Gasteiger partial charge in [0, 0.05) is 6.54 Å². The maximum Gasteiger partial charge on any atom is 0.416 e. The molecule has 0 aliphatic heterocycles. The lowest BCUT2D eigenvalue weighted by molar-refractivity contribution is -0.137. The Labute approximate surface area is 161 Å². The zero-order chi connectivity index (χ0) is 20.6. The van der Waals surface area contributed by atoms with Crippen molar-refractivity contribution in [3.63, 3.8) is 0 Å². The lowest BCUT2D eigenvalue weighted by Gasteiger charge is -2.17. The van der Waals surface area contributed by atoms with Crippen molar-refractivity contribution in [3.05, 3.63) is 59.7 Å². The van der Waals surface area contributed by atoms with Gasteiger partial charge < -0.3 is 20.1 Å². The minimum absolute atomic E-state index is 0.372. The van der Waals surface area contributed by atoms with Gasteiger partial charge in [0.1, 0.15) is 11.5 Å². The van der Waals surface area contributed by atoms with E-state index in [1.165, 1.54) is 6.07 Å². The number of alkyl halides is 3.